The molecule has 0 N–H and O–H groups in total. The minimum absolute atomic E-state index is 0. The molecule has 2 aromatic carbocycles. The van der Waals surface area contributed by atoms with E-state index in [1.165, 1.54) is 0 Å². The molecule has 0 radical (unpaired) electrons. The predicted octanol–water partition coefficient (Wildman–Crippen LogP) is 3.49. The minimum Gasteiger partial charge on any atom is -0.484 e. The predicted molar refractivity (Wildman–Crippen MR) is 126 cm³/mol. The van der Waals surface area contributed by atoms with Crippen LogP contribution in [0.3, 0.4) is 0 Å². The lowest BCUT2D eigenvalue weighted by Crippen LogP contribution is -2.50. The van der Waals surface area contributed by atoms with Crippen LogP contribution in [-0.2, 0) is 19.1 Å². The van der Waals surface area contributed by atoms with E-state index in [1.54, 1.807) is 58.5 Å². The molecule has 1 aliphatic rings. The highest BCUT2D eigenvalue weighted by Gasteiger charge is 2.24. The maximum Gasteiger partial charge on any atom is 0.344 e. The summed E-state index contributed by atoms with van der Waals surface area (Å²) in [6.07, 6.45) is 0. The molecule has 1 amide bonds. The van der Waals surface area contributed by atoms with Gasteiger partial charge in [-0.05, 0) is 48.5 Å². The van der Waals surface area contributed by atoms with E-state index in [1.807, 2.05) is 0 Å². The molecule has 0 bridgehead atoms. The summed E-state index contributed by atoms with van der Waals surface area (Å²) in [5.41, 5.74) is 0. The first-order valence-electron chi connectivity index (χ1n) is 10.1. The van der Waals surface area contributed by atoms with Crippen LogP contribution in [0.1, 0.15) is 0 Å². The number of amides is 1. The van der Waals surface area contributed by atoms with Crippen LogP contribution < -0.4 is 9.47 Å². The summed E-state index contributed by atoms with van der Waals surface area (Å²) >= 11 is 11.7. The van der Waals surface area contributed by atoms with Crippen molar-refractivity contribution in [3.63, 3.8) is 0 Å². The van der Waals surface area contributed by atoms with Crippen LogP contribution in [-0.4, -0.2) is 74.6 Å². The van der Waals surface area contributed by atoms with Gasteiger partial charge in [0.25, 0.3) is 5.91 Å². The number of hydrogen-bond donors (Lipinski definition) is 0. The number of nitrogens with zero attached hydrogens (tertiary/aromatic N) is 2. The number of hydrogen-bond acceptors (Lipinski definition) is 7. The zero-order chi connectivity index (χ0) is 22.8. The number of benzene rings is 2. The van der Waals surface area contributed by atoms with Gasteiger partial charge in [-0.3, -0.25) is 9.80 Å². The summed E-state index contributed by atoms with van der Waals surface area (Å²) in [5.74, 6) is 0.348. The van der Waals surface area contributed by atoms with Crippen molar-refractivity contribution in [3.8, 4) is 11.5 Å². The van der Waals surface area contributed by atoms with E-state index in [0.29, 0.717) is 54.4 Å². The number of carbonyl (C=O) groups excluding carboxylic acids is 2. The Kier molecular flexibility index (Phi) is 11.6. The van der Waals surface area contributed by atoms with Gasteiger partial charge in [-0.25, -0.2) is 9.80 Å². The molecule has 1 fully saturated rings. The van der Waals surface area contributed by atoms with Crippen LogP contribution in [0.5, 0.6) is 11.5 Å². The third-order valence-electron chi connectivity index (χ3n) is 4.53. The van der Waals surface area contributed by atoms with E-state index in [4.69, 9.17) is 42.1 Å². The van der Waals surface area contributed by atoms with Gasteiger partial charge < -0.3 is 18.9 Å². The summed E-state index contributed by atoms with van der Waals surface area (Å²) in [5, 5.41) is 4.54. The summed E-state index contributed by atoms with van der Waals surface area (Å²) in [4.78, 5) is 24.7. The Balaban J connectivity index is 0.00000385. The molecule has 0 aliphatic carbocycles. The van der Waals surface area contributed by atoms with Gasteiger partial charge in [-0.15, -0.1) is 12.4 Å². The SMILES string of the molecule is Cl.O=C(COc1ccc(Cl)cc1)OCCN1CCOCCN1C(=O)COc1ccc(Cl)cc1. The lowest BCUT2D eigenvalue weighted by Gasteiger charge is -2.32. The minimum atomic E-state index is -0.505. The van der Waals surface area contributed by atoms with E-state index >= 15 is 0 Å². The molecule has 11 heteroatoms. The molecule has 180 valence electrons. The van der Waals surface area contributed by atoms with Gasteiger partial charge in [0.15, 0.2) is 13.2 Å². The number of hydrazine groups is 1. The zero-order valence-electron chi connectivity index (χ0n) is 17.8. The Morgan fingerprint density at radius 3 is 2.00 bits per heavy atom. The second-order valence-corrected chi connectivity index (χ2v) is 7.66. The Morgan fingerprint density at radius 1 is 0.848 bits per heavy atom. The van der Waals surface area contributed by atoms with E-state index < -0.39 is 5.97 Å². The lowest BCUT2D eigenvalue weighted by atomic mass is 10.3. The Labute approximate surface area is 208 Å². The number of rotatable bonds is 9. The normalized spacial score (nSPS) is 14.1. The highest BCUT2D eigenvalue weighted by molar-refractivity contribution is 6.30. The topological polar surface area (TPSA) is 77.5 Å². The van der Waals surface area contributed by atoms with Gasteiger partial charge in [0, 0.05) is 16.6 Å². The first kappa shape index (κ1) is 27.0. The number of ether oxygens (including phenoxy) is 4. The Hall–Kier alpha value is -2.23. The monoisotopic (exact) mass is 518 g/mol. The van der Waals surface area contributed by atoms with Crippen molar-refractivity contribution < 1.29 is 28.5 Å². The molecule has 3 rings (SSSR count). The van der Waals surface area contributed by atoms with E-state index in [-0.39, 0.29) is 38.1 Å². The molecule has 1 aliphatic heterocycles. The maximum atomic E-state index is 12.7. The fourth-order valence-electron chi connectivity index (χ4n) is 2.93. The number of halogens is 3. The van der Waals surface area contributed by atoms with Crippen LogP contribution in [0.4, 0.5) is 0 Å². The van der Waals surface area contributed by atoms with E-state index in [9.17, 15) is 9.59 Å². The molecule has 0 spiro atoms. The summed E-state index contributed by atoms with van der Waals surface area (Å²) in [6, 6.07) is 13.5. The molecule has 33 heavy (non-hydrogen) atoms. The summed E-state index contributed by atoms with van der Waals surface area (Å²) in [7, 11) is 0. The first-order chi connectivity index (χ1) is 15.5. The molecular weight excluding hydrogens is 495 g/mol. The van der Waals surface area contributed by atoms with Crippen molar-refractivity contribution in [1.82, 2.24) is 10.0 Å². The van der Waals surface area contributed by atoms with Crippen LogP contribution in [0, 0.1) is 0 Å². The van der Waals surface area contributed by atoms with Gasteiger partial charge in [-0.1, -0.05) is 23.2 Å². The van der Waals surface area contributed by atoms with Gasteiger partial charge in [0.1, 0.15) is 18.1 Å². The van der Waals surface area contributed by atoms with Crippen molar-refractivity contribution in [2.24, 2.45) is 0 Å². The lowest BCUT2D eigenvalue weighted by molar-refractivity contribution is -0.154. The quantitative estimate of drug-likeness (QED) is 0.469. The molecule has 0 saturated carbocycles. The molecule has 0 aromatic heterocycles. The molecule has 8 nitrogen and oxygen atoms in total. The Bertz CT molecular complexity index is 883. The summed E-state index contributed by atoms with van der Waals surface area (Å²) < 4.78 is 21.7. The van der Waals surface area contributed by atoms with Crippen LogP contribution >= 0.6 is 35.6 Å². The average Bonchev–Trinajstić information content (AvgIpc) is 3.04. The first-order valence-corrected chi connectivity index (χ1v) is 10.8. The largest absolute Gasteiger partial charge is 0.484 e. The third-order valence-corrected chi connectivity index (χ3v) is 5.03. The summed E-state index contributed by atoms with van der Waals surface area (Å²) in [6.45, 7) is 1.85. The number of carbonyl (C=O) groups is 2. The molecule has 0 unspecified atom stereocenters. The van der Waals surface area contributed by atoms with Crippen molar-refractivity contribution >= 4 is 47.5 Å². The van der Waals surface area contributed by atoms with Crippen molar-refractivity contribution in [2.75, 3.05) is 52.7 Å². The van der Waals surface area contributed by atoms with Gasteiger partial charge in [0.2, 0.25) is 0 Å². The molecule has 1 heterocycles. The molecule has 0 atom stereocenters. The van der Waals surface area contributed by atoms with Crippen molar-refractivity contribution in [2.45, 2.75) is 0 Å². The van der Waals surface area contributed by atoms with Crippen molar-refractivity contribution in [3.05, 3.63) is 58.6 Å². The third kappa shape index (κ3) is 9.27. The van der Waals surface area contributed by atoms with Crippen molar-refractivity contribution in [1.29, 1.82) is 0 Å². The number of esters is 1. The molecular formula is C22H25Cl3N2O6. The average molecular weight is 520 g/mol. The van der Waals surface area contributed by atoms with Crippen LogP contribution in [0.2, 0.25) is 10.0 Å². The fourth-order valence-corrected chi connectivity index (χ4v) is 3.18. The molecule has 2 aromatic rings. The highest BCUT2D eigenvalue weighted by atomic mass is 35.5. The van der Waals surface area contributed by atoms with Crippen LogP contribution in [0.15, 0.2) is 48.5 Å². The van der Waals surface area contributed by atoms with Gasteiger partial charge in [0.05, 0.1) is 26.3 Å². The fraction of sp³-hybridized carbons (Fsp3) is 0.364. The Morgan fingerprint density at radius 2 is 1.39 bits per heavy atom. The van der Waals surface area contributed by atoms with E-state index in [2.05, 4.69) is 0 Å². The smallest absolute Gasteiger partial charge is 0.344 e. The zero-order valence-corrected chi connectivity index (χ0v) is 20.1. The van der Waals surface area contributed by atoms with Gasteiger partial charge in [-0.2, -0.15) is 0 Å². The van der Waals surface area contributed by atoms with E-state index in [0.717, 1.165) is 0 Å². The molecule has 1 saturated heterocycles. The standard InChI is InChI=1S/C22H24Cl2N2O6.ClH/c23-17-1-5-19(6-2-17)31-15-21(27)26-11-13-29-12-9-25(26)10-14-30-22(28)16-32-20-7-3-18(24)4-8-20;/h1-8H,9-16H2;1H. The second-order valence-electron chi connectivity index (χ2n) is 6.79. The van der Waals surface area contributed by atoms with Crippen LogP contribution in [0.25, 0.3) is 0 Å². The highest BCUT2D eigenvalue weighted by Crippen LogP contribution is 2.16. The maximum absolute atomic E-state index is 12.7. The second kappa shape index (κ2) is 14.1. The van der Waals surface area contributed by atoms with Gasteiger partial charge >= 0.3 is 5.97 Å².